The molecule has 3 aromatic carbocycles. The summed E-state index contributed by atoms with van der Waals surface area (Å²) in [5.74, 6) is -2.00. The fourth-order valence-corrected chi connectivity index (χ4v) is 3.61. The van der Waals surface area contributed by atoms with Crippen molar-refractivity contribution in [2.45, 2.75) is 51.0 Å². The van der Waals surface area contributed by atoms with Crippen LogP contribution in [0.5, 0.6) is 0 Å². The second-order valence-electron chi connectivity index (χ2n) is 8.79. The second-order valence-corrected chi connectivity index (χ2v) is 8.79. The van der Waals surface area contributed by atoms with Crippen LogP contribution in [-0.2, 0) is 19.1 Å². The average molecular weight is 582 g/mol. The third kappa shape index (κ3) is 14.0. The summed E-state index contributed by atoms with van der Waals surface area (Å²) >= 11 is 0. The number of hydrogen-bond donors (Lipinski definition) is 6. The Labute approximate surface area is 247 Å². The largest absolute Gasteiger partial charge is 0.452 e. The van der Waals surface area contributed by atoms with Crippen LogP contribution in [0, 0.1) is 0 Å². The highest BCUT2D eigenvalue weighted by atomic mass is 16.5. The van der Waals surface area contributed by atoms with Gasteiger partial charge in [0.05, 0.1) is 31.7 Å². The molecular weight excluding hydrogens is 538 g/mol. The molecule has 42 heavy (non-hydrogen) atoms. The molecule has 3 rings (SSSR count). The normalized spacial score (nSPS) is 12.3. The maximum Gasteiger partial charge on any atom is 0.308 e. The van der Waals surface area contributed by atoms with Crippen LogP contribution in [-0.4, -0.2) is 71.0 Å². The van der Waals surface area contributed by atoms with Gasteiger partial charge in [-0.25, -0.2) is 0 Å². The summed E-state index contributed by atoms with van der Waals surface area (Å²) in [6.45, 7) is 3.07. The van der Waals surface area contributed by atoms with E-state index in [9.17, 15) is 29.7 Å². The molecule has 3 aromatic rings. The molecule has 10 heteroatoms. The van der Waals surface area contributed by atoms with Crippen LogP contribution < -0.4 is 16.4 Å². The lowest BCUT2D eigenvalue weighted by molar-refractivity contribution is -0.147. The predicted octanol–water partition coefficient (Wildman–Crippen LogP) is 2.09. The van der Waals surface area contributed by atoms with E-state index >= 15 is 0 Å². The number of ether oxygens (including phenoxy) is 1. The smallest absolute Gasteiger partial charge is 0.308 e. The minimum Gasteiger partial charge on any atom is -0.452 e. The zero-order chi connectivity index (χ0) is 31.2. The molecule has 1 unspecified atom stereocenters. The van der Waals surface area contributed by atoms with Crippen LogP contribution in [0.25, 0.3) is 0 Å². The van der Waals surface area contributed by atoms with Crippen molar-refractivity contribution >= 4 is 17.8 Å². The van der Waals surface area contributed by atoms with E-state index in [0.717, 1.165) is 11.1 Å². The summed E-state index contributed by atoms with van der Waals surface area (Å²) in [4.78, 5) is 35.9. The third-order valence-corrected chi connectivity index (χ3v) is 5.68. The van der Waals surface area contributed by atoms with E-state index in [4.69, 9.17) is 10.5 Å². The summed E-state index contributed by atoms with van der Waals surface area (Å²) in [5, 5.41) is 34.1. The lowest BCUT2D eigenvalue weighted by Gasteiger charge is -2.22. The molecule has 0 heterocycles. The van der Waals surface area contributed by atoms with Crippen LogP contribution in [0.4, 0.5) is 0 Å². The first-order chi connectivity index (χ1) is 20.3. The number of esters is 1. The van der Waals surface area contributed by atoms with Crippen LogP contribution >= 0.6 is 0 Å². The molecule has 10 nitrogen and oxygen atoms in total. The van der Waals surface area contributed by atoms with Gasteiger partial charge in [-0.1, -0.05) is 111 Å². The van der Waals surface area contributed by atoms with Crippen molar-refractivity contribution in [3.8, 4) is 0 Å². The summed E-state index contributed by atoms with van der Waals surface area (Å²) in [6, 6.07) is 29.6. The molecule has 228 valence electrons. The maximum absolute atomic E-state index is 12.4. The van der Waals surface area contributed by atoms with E-state index in [2.05, 4.69) is 10.6 Å². The van der Waals surface area contributed by atoms with Crippen molar-refractivity contribution in [3.05, 3.63) is 108 Å². The fourth-order valence-electron chi connectivity index (χ4n) is 3.61. The van der Waals surface area contributed by atoms with E-state index < -0.39 is 48.7 Å². The number of nitrogens with two attached hydrogens (primary N) is 1. The van der Waals surface area contributed by atoms with Crippen LogP contribution in [0.1, 0.15) is 43.9 Å². The first-order valence-corrected chi connectivity index (χ1v) is 13.9. The van der Waals surface area contributed by atoms with Gasteiger partial charge in [0, 0.05) is 6.54 Å². The fraction of sp³-hybridized carbons (Fsp3) is 0.344. The zero-order valence-corrected chi connectivity index (χ0v) is 24.1. The number of aliphatic hydroxyl groups is 3. The quantitative estimate of drug-likeness (QED) is 0.167. The van der Waals surface area contributed by atoms with Gasteiger partial charge in [-0.2, -0.15) is 0 Å². The SMILES string of the molecule is CC.NCC(=O)N[C@@H](CO)C[C@@H](O)C(O)C(=O)NCCC(=O)OC(c1ccccc1)c1ccccc1.c1ccccc1. The van der Waals surface area contributed by atoms with E-state index in [-0.39, 0.29) is 25.9 Å². The lowest BCUT2D eigenvalue weighted by atomic mass is 10.0. The number of hydrogen-bond acceptors (Lipinski definition) is 8. The van der Waals surface area contributed by atoms with Crippen molar-refractivity contribution in [3.63, 3.8) is 0 Å². The Morgan fingerprint density at radius 1 is 0.810 bits per heavy atom. The number of rotatable bonds is 13. The maximum atomic E-state index is 12.4. The molecule has 7 N–H and O–H groups in total. The van der Waals surface area contributed by atoms with Crippen molar-refractivity contribution in [2.24, 2.45) is 5.73 Å². The molecule has 2 amide bonds. The van der Waals surface area contributed by atoms with E-state index in [1.54, 1.807) is 0 Å². The molecule has 0 spiro atoms. The molecule has 0 bridgehead atoms. The molecule has 0 fully saturated rings. The average Bonchev–Trinajstić information content (AvgIpc) is 3.05. The molecule has 0 radical (unpaired) electrons. The number of aliphatic hydroxyl groups excluding tert-OH is 3. The first-order valence-electron chi connectivity index (χ1n) is 13.9. The monoisotopic (exact) mass is 581 g/mol. The zero-order valence-electron chi connectivity index (χ0n) is 24.1. The summed E-state index contributed by atoms with van der Waals surface area (Å²) < 4.78 is 5.65. The third-order valence-electron chi connectivity index (χ3n) is 5.68. The molecule has 3 atom stereocenters. The second kappa shape index (κ2) is 21.6. The van der Waals surface area contributed by atoms with Gasteiger partial charge in [-0.15, -0.1) is 0 Å². The van der Waals surface area contributed by atoms with E-state index in [1.165, 1.54) is 0 Å². The molecule has 0 aliphatic carbocycles. The van der Waals surface area contributed by atoms with Crippen molar-refractivity contribution in [1.29, 1.82) is 0 Å². The van der Waals surface area contributed by atoms with Gasteiger partial charge < -0.3 is 36.4 Å². The van der Waals surface area contributed by atoms with Gasteiger partial charge in [0.1, 0.15) is 0 Å². The van der Waals surface area contributed by atoms with Crippen molar-refractivity contribution in [2.75, 3.05) is 19.7 Å². The van der Waals surface area contributed by atoms with Crippen molar-refractivity contribution < 1.29 is 34.4 Å². The highest BCUT2D eigenvalue weighted by Crippen LogP contribution is 2.26. The Balaban J connectivity index is 0.000000959. The highest BCUT2D eigenvalue weighted by Gasteiger charge is 2.27. The Morgan fingerprint density at radius 2 is 1.26 bits per heavy atom. The Bertz CT molecular complexity index is 1070. The predicted molar refractivity (Wildman–Crippen MR) is 161 cm³/mol. The van der Waals surface area contributed by atoms with Gasteiger partial charge in [-0.3, -0.25) is 14.4 Å². The number of nitrogens with one attached hydrogen (secondary N) is 2. The Kier molecular flexibility index (Phi) is 18.5. The molecule has 0 aromatic heterocycles. The van der Waals surface area contributed by atoms with E-state index in [1.807, 2.05) is 111 Å². The van der Waals surface area contributed by atoms with Crippen LogP contribution in [0.15, 0.2) is 97.1 Å². The molecule has 0 aliphatic heterocycles. The number of carbonyl (C=O) groups is 3. The molecule has 0 aliphatic rings. The van der Waals surface area contributed by atoms with Gasteiger partial charge in [-0.05, 0) is 17.5 Å². The van der Waals surface area contributed by atoms with Gasteiger partial charge in [0.15, 0.2) is 12.2 Å². The first kappa shape index (κ1) is 35.9. The van der Waals surface area contributed by atoms with Gasteiger partial charge in [0.2, 0.25) is 5.91 Å². The Hall–Kier alpha value is -4.09. The summed E-state index contributed by atoms with van der Waals surface area (Å²) in [5.41, 5.74) is 6.77. The lowest BCUT2D eigenvalue weighted by Crippen LogP contribution is -2.48. The van der Waals surface area contributed by atoms with Gasteiger partial charge >= 0.3 is 5.97 Å². The van der Waals surface area contributed by atoms with Gasteiger partial charge in [0.25, 0.3) is 5.91 Å². The highest BCUT2D eigenvalue weighted by molar-refractivity contribution is 5.82. The topological polar surface area (TPSA) is 171 Å². The van der Waals surface area contributed by atoms with Crippen molar-refractivity contribution in [1.82, 2.24) is 10.6 Å². The number of benzene rings is 3. The van der Waals surface area contributed by atoms with Crippen LogP contribution in [0.2, 0.25) is 0 Å². The number of carbonyl (C=O) groups excluding carboxylic acids is 3. The summed E-state index contributed by atoms with van der Waals surface area (Å²) in [7, 11) is 0. The van der Waals surface area contributed by atoms with E-state index in [0.29, 0.717) is 0 Å². The Morgan fingerprint density at radius 3 is 1.69 bits per heavy atom. The standard InChI is InChI=1S/C24H31N3O7.C6H6.C2H6/c25-14-20(30)27-18(15-28)13-19(29)22(32)24(33)26-12-11-21(31)34-23(16-7-3-1-4-8-16)17-9-5-2-6-10-17;1-2-4-6-5-3-1;1-2/h1-10,18-19,22-23,28-29,32H,11-15,25H2,(H,26,33)(H,27,30);1-6H;1-2H3/t18-,19-,22?;;/m1../s1. The van der Waals surface area contributed by atoms with Crippen LogP contribution in [0.3, 0.4) is 0 Å². The minimum absolute atomic E-state index is 0.120. The molecule has 0 saturated heterocycles. The minimum atomic E-state index is -1.82. The molecular formula is C32H43N3O7. The number of amides is 2. The summed E-state index contributed by atoms with van der Waals surface area (Å²) in [6.07, 6.45) is -4.41. The molecule has 0 saturated carbocycles.